The first-order valence-electron chi connectivity index (χ1n) is 5.48. The first-order valence-corrected chi connectivity index (χ1v) is 5.86. The quantitative estimate of drug-likeness (QED) is 0.836. The van der Waals surface area contributed by atoms with Crippen LogP contribution in [0.2, 0.25) is 5.02 Å². The average Bonchev–Trinajstić information content (AvgIpc) is 2.25. The number of para-hydroxylation sites is 1. The van der Waals surface area contributed by atoms with E-state index in [9.17, 15) is 5.11 Å². The molecule has 0 unspecified atom stereocenters. The number of hydrogen-bond acceptors (Lipinski definition) is 3. The van der Waals surface area contributed by atoms with Crippen LogP contribution >= 0.6 is 11.6 Å². The summed E-state index contributed by atoms with van der Waals surface area (Å²) in [5.41, 5.74) is -0.242. The van der Waals surface area contributed by atoms with Crippen LogP contribution in [0.25, 0.3) is 0 Å². The Balaban J connectivity index is 2.19. The van der Waals surface area contributed by atoms with Gasteiger partial charge in [-0.2, -0.15) is 0 Å². The van der Waals surface area contributed by atoms with Crippen molar-refractivity contribution in [2.24, 2.45) is 0 Å². The predicted molar refractivity (Wildman–Crippen MR) is 64.3 cm³/mol. The average molecular weight is 242 g/mol. The minimum Gasteiger partial charge on any atom is -0.504 e. The zero-order chi connectivity index (χ0) is 11.6. The lowest BCUT2D eigenvalue weighted by atomic mass is 9.94. The van der Waals surface area contributed by atoms with E-state index in [1.165, 1.54) is 0 Å². The zero-order valence-electron chi connectivity index (χ0n) is 9.29. The van der Waals surface area contributed by atoms with Gasteiger partial charge in [0.25, 0.3) is 0 Å². The van der Waals surface area contributed by atoms with E-state index in [-0.39, 0.29) is 11.4 Å². The van der Waals surface area contributed by atoms with Gasteiger partial charge in [-0.15, -0.1) is 0 Å². The van der Waals surface area contributed by atoms with E-state index in [0.717, 1.165) is 25.9 Å². The van der Waals surface area contributed by atoms with E-state index in [0.29, 0.717) is 10.8 Å². The Hall–Kier alpha value is -0.930. The Morgan fingerprint density at radius 2 is 2.06 bits per heavy atom. The SMILES string of the molecule is CC1(Oc2c(O)cccc2Cl)CCNCC1. The number of phenols is 1. The van der Waals surface area contributed by atoms with Crippen molar-refractivity contribution in [3.8, 4) is 11.5 Å². The Labute approximate surface area is 100 Å². The van der Waals surface area contributed by atoms with E-state index >= 15 is 0 Å². The molecule has 1 fully saturated rings. The number of rotatable bonds is 2. The van der Waals surface area contributed by atoms with Crippen molar-refractivity contribution in [2.45, 2.75) is 25.4 Å². The predicted octanol–water partition coefficient (Wildman–Crippen LogP) is 2.57. The molecular formula is C12H16ClNO2. The van der Waals surface area contributed by atoms with Gasteiger partial charge in [-0.3, -0.25) is 0 Å². The Bertz CT molecular complexity index is 355. The maximum absolute atomic E-state index is 9.71. The van der Waals surface area contributed by atoms with Gasteiger partial charge >= 0.3 is 0 Å². The Morgan fingerprint density at radius 3 is 2.69 bits per heavy atom. The minimum atomic E-state index is -0.242. The summed E-state index contributed by atoms with van der Waals surface area (Å²) >= 11 is 6.01. The van der Waals surface area contributed by atoms with Gasteiger partial charge < -0.3 is 15.2 Å². The molecule has 0 radical (unpaired) electrons. The molecule has 0 spiro atoms. The fourth-order valence-electron chi connectivity index (χ4n) is 1.90. The van der Waals surface area contributed by atoms with Gasteiger partial charge in [-0.25, -0.2) is 0 Å². The number of aromatic hydroxyl groups is 1. The molecule has 0 amide bonds. The monoisotopic (exact) mass is 241 g/mol. The van der Waals surface area contributed by atoms with Crippen LogP contribution in [-0.4, -0.2) is 23.8 Å². The van der Waals surface area contributed by atoms with Gasteiger partial charge in [0.2, 0.25) is 0 Å². The first kappa shape index (κ1) is 11.6. The van der Waals surface area contributed by atoms with Crippen molar-refractivity contribution in [2.75, 3.05) is 13.1 Å². The van der Waals surface area contributed by atoms with E-state index in [1.54, 1.807) is 18.2 Å². The third-order valence-corrected chi connectivity index (χ3v) is 3.25. The van der Waals surface area contributed by atoms with Gasteiger partial charge in [0, 0.05) is 0 Å². The molecule has 0 saturated carbocycles. The lowest BCUT2D eigenvalue weighted by Crippen LogP contribution is -2.43. The van der Waals surface area contributed by atoms with Crippen LogP contribution in [0.1, 0.15) is 19.8 Å². The van der Waals surface area contributed by atoms with Gasteiger partial charge in [0.05, 0.1) is 5.02 Å². The molecule has 2 N–H and O–H groups in total. The number of piperidine rings is 1. The summed E-state index contributed by atoms with van der Waals surface area (Å²) in [4.78, 5) is 0. The van der Waals surface area contributed by atoms with Gasteiger partial charge in [-0.1, -0.05) is 17.7 Å². The van der Waals surface area contributed by atoms with Crippen LogP contribution in [0, 0.1) is 0 Å². The molecule has 1 aromatic carbocycles. The molecule has 1 aliphatic rings. The second-order valence-corrected chi connectivity index (χ2v) is 4.80. The van der Waals surface area contributed by atoms with Crippen LogP contribution in [-0.2, 0) is 0 Å². The summed E-state index contributed by atoms with van der Waals surface area (Å²) in [7, 11) is 0. The summed E-state index contributed by atoms with van der Waals surface area (Å²) in [6.07, 6.45) is 1.83. The molecule has 16 heavy (non-hydrogen) atoms. The second kappa shape index (κ2) is 4.52. The van der Waals surface area contributed by atoms with E-state index in [4.69, 9.17) is 16.3 Å². The summed E-state index contributed by atoms with van der Waals surface area (Å²) in [5.74, 6) is 0.501. The molecular weight excluding hydrogens is 226 g/mol. The molecule has 1 saturated heterocycles. The van der Waals surface area contributed by atoms with Crippen LogP contribution in [0.4, 0.5) is 0 Å². The number of halogens is 1. The Kier molecular flexibility index (Phi) is 3.26. The van der Waals surface area contributed by atoms with Gasteiger partial charge in [0.1, 0.15) is 5.60 Å². The van der Waals surface area contributed by atoms with Crippen LogP contribution in [0.5, 0.6) is 11.5 Å². The summed E-state index contributed by atoms with van der Waals surface area (Å²) < 4.78 is 5.88. The number of hydrogen-bond donors (Lipinski definition) is 2. The fourth-order valence-corrected chi connectivity index (χ4v) is 2.11. The molecule has 4 heteroatoms. The third kappa shape index (κ3) is 2.42. The summed E-state index contributed by atoms with van der Waals surface area (Å²) in [6.45, 7) is 3.92. The van der Waals surface area contributed by atoms with Crippen LogP contribution in [0.3, 0.4) is 0 Å². The molecule has 0 atom stereocenters. The van der Waals surface area contributed by atoms with Crippen LogP contribution < -0.4 is 10.1 Å². The normalized spacial score (nSPS) is 19.4. The molecule has 0 aromatic heterocycles. The largest absolute Gasteiger partial charge is 0.504 e. The van der Waals surface area contributed by atoms with Crippen molar-refractivity contribution in [3.63, 3.8) is 0 Å². The van der Waals surface area contributed by atoms with Gasteiger partial charge in [-0.05, 0) is 45.0 Å². The number of nitrogens with one attached hydrogen (secondary N) is 1. The molecule has 0 bridgehead atoms. The topological polar surface area (TPSA) is 41.5 Å². The van der Waals surface area contributed by atoms with Crippen molar-refractivity contribution in [3.05, 3.63) is 23.2 Å². The fraction of sp³-hybridized carbons (Fsp3) is 0.500. The number of benzene rings is 1. The number of phenolic OH excluding ortho intramolecular Hbond substituents is 1. The van der Waals surface area contributed by atoms with Crippen molar-refractivity contribution < 1.29 is 9.84 Å². The maximum atomic E-state index is 9.71. The highest BCUT2D eigenvalue weighted by molar-refractivity contribution is 6.32. The maximum Gasteiger partial charge on any atom is 0.180 e. The van der Waals surface area contributed by atoms with E-state index < -0.39 is 0 Å². The zero-order valence-corrected chi connectivity index (χ0v) is 10.0. The highest BCUT2D eigenvalue weighted by Crippen LogP contribution is 2.38. The molecule has 2 rings (SSSR count). The van der Waals surface area contributed by atoms with E-state index in [2.05, 4.69) is 12.2 Å². The molecule has 1 aromatic rings. The third-order valence-electron chi connectivity index (χ3n) is 2.96. The molecule has 3 nitrogen and oxygen atoms in total. The minimum absolute atomic E-state index is 0.104. The smallest absolute Gasteiger partial charge is 0.180 e. The highest BCUT2D eigenvalue weighted by atomic mass is 35.5. The van der Waals surface area contributed by atoms with Crippen LogP contribution in [0.15, 0.2) is 18.2 Å². The van der Waals surface area contributed by atoms with Crippen molar-refractivity contribution in [1.29, 1.82) is 0 Å². The summed E-state index contributed by atoms with van der Waals surface area (Å²) in [6, 6.07) is 5.02. The van der Waals surface area contributed by atoms with Gasteiger partial charge in [0.15, 0.2) is 11.5 Å². The highest BCUT2D eigenvalue weighted by Gasteiger charge is 2.30. The standard InChI is InChI=1S/C12H16ClNO2/c1-12(5-7-14-8-6-12)16-11-9(13)3-2-4-10(11)15/h2-4,14-15H,5-8H2,1H3. The molecule has 0 aliphatic carbocycles. The summed E-state index contributed by atoms with van der Waals surface area (Å²) in [5, 5.41) is 13.4. The number of ether oxygens (including phenoxy) is 1. The van der Waals surface area contributed by atoms with Crippen molar-refractivity contribution >= 4 is 11.6 Å². The second-order valence-electron chi connectivity index (χ2n) is 4.39. The first-order chi connectivity index (χ1) is 7.61. The molecule has 1 aliphatic heterocycles. The van der Waals surface area contributed by atoms with Crippen molar-refractivity contribution in [1.82, 2.24) is 5.32 Å². The Morgan fingerprint density at radius 1 is 1.38 bits per heavy atom. The van der Waals surface area contributed by atoms with E-state index in [1.807, 2.05) is 0 Å². The lowest BCUT2D eigenvalue weighted by molar-refractivity contribution is 0.0529. The molecule has 88 valence electrons. The lowest BCUT2D eigenvalue weighted by Gasteiger charge is -2.35. The molecule has 1 heterocycles.